The molecule has 0 bridgehead atoms. The van der Waals surface area contributed by atoms with Crippen molar-refractivity contribution < 1.29 is 32.0 Å². The molecule has 156 valence electrons. The third kappa shape index (κ3) is 5.47. The van der Waals surface area contributed by atoms with E-state index in [0.29, 0.717) is 17.9 Å². The van der Waals surface area contributed by atoms with Crippen LogP contribution in [0.3, 0.4) is 0 Å². The number of nitrogens with zero attached hydrogens (tertiary/aromatic N) is 2. The molecule has 0 aliphatic heterocycles. The maximum absolute atomic E-state index is 12.7. The van der Waals surface area contributed by atoms with Crippen LogP contribution in [0.4, 0.5) is 13.2 Å². The minimum absolute atomic E-state index is 0.0668. The van der Waals surface area contributed by atoms with Crippen LogP contribution in [-0.2, 0) is 22.3 Å². The molecule has 1 aromatic heterocycles. The van der Waals surface area contributed by atoms with Gasteiger partial charge in [-0.05, 0) is 42.8 Å². The number of esters is 1. The van der Waals surface area contributed by atoms with E-state index < -0.39 is 17.7 Å². The number of benzene rings is 2. The van der Waals surface area contributed by atoms with Crippen molar-refractivity contribution in [3.63, 3.8) is 0 Å². The van der Waals surface area contributed by atoms with Gasteiger partial charge >= 0.3 is 12.1 Å². The van der Waals surface area contributed by atoms with Crippen LogP contribution in [0.1, 0.15) is 23.9 Å². The van der Waals surface area contributed by atoms with Crippen LogP contribution >= 0.6 is 0 Å². The van der Waals surface area contributed by atoms with Gasteiger partial charge in [0.25, 0.3) is 5.89 Å². The van der Waals surface area contributed by atoms with Crippen molar-refractivity contribution in [1.82, 2.24) is 10.1 Å². The molecular formula is C21H17F3N2O4. The first-order valence-corrected chi connectivity index (χ1v) is 8.93. The molecule has 1 heterocycles. The van der Waals surface area contributed by atoms with E-state index >= 15 is 0 Å². The molecule has 3 rings (SSSR count). The van der Waals surface area contributed by atoms with Gasteiger partial charge in [0.05, 0.1) is 17.7 Å². The van der Waals surface area contributed by atoms with E-state index in [1.165, 1.54) is 18.2 Å². The summed E-state index contributed by atoms with van der Waals surface area (Å²) >= 11 is 0. The molecule has 2 aromatic carbocycles. The fraction of sp³-hybridized carbons (Fsp3) is 0.190. The van der Waals surface area contributed by atoms with E-state index in [4.69, 9.17) is 14.0 Å². The number of hydrogen-bond acceptors (Lipinski definition) is 6. The first-order valence-electron chi connectivity index (χ1n) is 8.93. The third-order valence-electron chi connectivity index (χ3n) is 3.86. The number of carbonyl (C=O) groups excluding carboxylic acids is 1. The molecule has 0 N–H and O–H groups in total. The highest BCUT2D eigenvalue weighted by atomic mass is 19.4. The van der Waals surface area contributed by atoms with Crippen molar-refractivity contribution in [2.75, 3.05) is 6.61 Å². The summed E-state index contributed by atoms with van der Waals surface area (Å²) in [5.41, 5.74) is 0.0447. The van der Waals surface area contributed by atoms with E-state index in [2.05, 4.69) is 10.1 Å². The maximum Gasteiger partial charge on any atom is 0.416 e. The number of carbonyl (C=O) groups is 1. The van der Waals surface area contributed by atoms with Crippen LogP contribution in [0.25, 0.3) is 17.5 Å². The van der Waals surface area contributed by atoms with Crippen LogP contribution in [0, 0.1) is 0 Å². The van der Waals surface area contributed by atoms with Crippen LogP contribution < -0.4 is 4.74 Å². The molecule has 30 heavy (non-hydrogen) atoms. The maximum atomic E-state index is 12.7. The number of aromatic nitrogens is 2. The van der Waals surface area contributed by atoms with Gasteiger partial charge in [0, 0.05) is 6.08 Å². The molecule has 9 heteroatoms. The Balaban J connectivity index is 1.61. The molecule has 0 spiro atoms. The summed E-state index contributed by atoms with van der Waals surface area (Å²) in [5.74, 6) is 0.178. The lowest BCUT2D eigenvalue weighted by molar-refractivity contribution is -0.139. The quantitative estimate of drug-likeness (QED) is 0.401. The number of hydrogen-bond donors (Lipinski definition) is 0. The average molecular weight is 418 g/mol. The minimum atomic E-state index is -4.46. The summed E-state index contributed by atoms with van der Waals surface area (Å²) in [4.78, 5) is 16.0. The van der Waals surface area contributed by atoms with E-state index in [9.17, 15) is 18.0 Å². The highest BCUT2D eigenvalue weighted by Crippen LogP contribution is 2.30. The predicted molar refractivity (Wildman–Crippen MR) is 101 cm³/mol. The number of ether oxygens (including phenoxy) is 2. The van der Waals surface area contributed by atoms with Gasteiger partial charge in [-0.3, -0.25) is 0 Å². The zero-order chi connectivity index (χ0) is 21.6. The second-order valence-electron chi connectivity index (χ2n) is 6.01. The molecule has 0 radical (unpaired) electrons. The van der Waals surface area contributed by atoms with Crippen molar-refractivity contribution in [1.29, 1.82) is 0 Å². The second-order valence-corrected chi connectivity index (χ2v) is 6.01. The Morgan fingerprint density at radius 2 is 1.97 bits per heavy atom. The standard InChI is InChI=1S/C21H17F3N2O4/c1-2-28-17-9-4-3-8-16(17)20-25-18(30-26-20)13-29-19(27)11-10-14-6-5-7-15(12-14)21(22,23)24/h3-12H,2,13H2,1H3/b11-10+. The molecular weight excluding hydrogens is 401 g/mol. The number of alkyl halides is 3. The Kier molecular flexibility index (Phi) is 6.51. The van der Waals surface area contributed by atoms with Crippen LogP contribution in [0.2, 0.25) is 0 Å². The predicted octanol–water partition coefficient (Wildman–Crippen LogP) is 4.91. The molecule has 0 aliphatic rings. The topological polar surface area (TPSA) is 74.5 Å². The Morgan fingerprint density at radius 1 is 1.17 bits per heavy atom. The second kappa shape index (κ2) is 9.25. The lowest BCUT2D eigenvalue weighted by Crippen LogP contribution is -2.04. The van der Waals surface area contributed by atoms with E-state index in [1.807, 2.05) is 13.0 Å². The van der Waals surface area contributed by atoms with Crippen molar-refractivity contribution in [3.05, 3.63) is 71.6 Å². The molecule has 3 aromatic rings. The van der Waals surface area contributed by atoms with E-state index in [1.54, 1.807) is 18.2 Å². The SMILES string of the molecule is CCOc1ccccc1-c1noc(COC(=O)/C=C/c2cccc(C(F)(F)F)c2)n1. The fourth-order valence-electron chi connectivity index (χ4n) is 2.52. The molecule has 0 amide bonds. The van der Waals surface area contributed by atoms with Gasteiger partial charge < -0.3 is 14.0 Å². The van der Waals surface area contributed by atoms with Crippen molar-refractivity contribution in [2.45, 2.75) is 19.7 Å². The summed E-state index contributed by atoms with van der Waals surface area (Å²) in [5, 5.41) is 3.85. The zero-order valence-corrected chi connectivity index (χ0v) is 15.8. The summed E-state index contributed by atoms with van der Waals surface area (Å²) in [6.45, 7) is 2.04. The van der Waals surface area contributed by atoms with Crippen LogP contribution in [-0.4, -0.2) is 22.7 Å². The number of halogens is 3. The summed E-state index contributed by atoms with van der Waals surface area (Å²) < 4.78 is 53.8. The van der Waals surface area contributed by atoms with Gasteiger partial charge in [0.15, 0.2) is 6.61 Å². The van der Waals surface area contributed by atoms with Crippen LogP contribution in [0.5, 0.6) is 5.75 Å². The molecule has 0 unspecified atom stereocenters. The summed E-state index contributed by atoms with van der Waals surface area (Å²) in [7, 11) is 0. The van der Waals surface area contributed by atoms with Crippen molar-refractivity contribution in [3.8, 4) is 17.1 Å². The largest absolute Gasteiger partial charge is 0.493 e. The zero-order valence-electron chi connectivity index (χ0n) is 15.8. The highest BCUT2D eigenvalue weighted by molar-refractivity contribution is 5.87. The number of rotatable bonds is 7. The lowest BCUT2D eigenvalue weighted by atomic mass is 10.1. The fourth-order valence-corrected chi connectivity index (χ4v) is 2.52. The highest BCUT2D eigenvalue weighted by Gasteiger charge is 2.30. The molecule has 0 atom stereocenters. The van der Waals surface area contributed by atoms with Crippen molar-refractivity contribution >= 4 is 12.0 Å². The van der Waals surface area contributed by atoms with Gasteiger partial charge in [-0.2, -0.15) is 18.2 Å². The van der Waals surface area contributed by atoms with Gasteiger partial charge in [-0.25, -0.2) is 4.79 Å². The Bertz CT molecular complexity index is 1040. The van der Waals surface area contributed by atoms with Gasteiger partial charge in [0.1, 0.15) is 5.75 Å². The smallest absolute Gasteiger partial charge is 0.416 e. The number of para-hydroxylation sites is 1. The van der Waals surface area contributed by atoms with Crippen molar-refractivity contribution in [2.24, 2.45) is 0 Å². The van der Waals surface area contributed by atoms with Crippen LogP contribution in [0.15, 0.2) is 59.1 Å². The molecule has 0 saturated carbocycles. The van der Waals surface area contributed by atoms with Gasteiger partial charge in [-0.15, -0.1) is 0 Å². The lowest BCUT2D eigenvalue weighted by Gasteiger charge is -2.06. The van der Waals surface area contributed by atoms with Gasteiger partial charge in [0.2, 0.25) is 5.82 Å². The normalized spacial score (nSPS) is 11.6. The first kappa shape index (κ1) is 21.1. The molecule has 0 saturated heterocycles. The summed E-state index contributed by atoms with van der Waals surface area (Å²) in [6, 6.07) is 11.7. The van der Waals surface area contributed by atoms with E-state index in [-0.39, 0.29) is 23.9 Å². The third-order valence-corrected chi connectivity index (χ3v) is 3.86. The summed E-state index contributed by atoms with van der Waals surface area (Å²) in [6.07, 6.45) is -2.20. The first-order chi connectivity index (χ1) is 14.4. The monoisotopic (exact) mass is 418 g/mol. The average Bonchev–Trinajstić information content (AvgIpc) is 3.20. The molecule has 6 nitrogen and oxygen atoms in total. The Hall–Kier alpha value is -3.62. The van der Waals surface area contributed by atoms with E-state index in [0.717, 1.165) is 18.2 Å². The molecule has 0 fully saturated rings. The molecule has 0 aliphatic carbocycles. The minimum Gasteiger partial charge on any atom is -0.493 e. The Labute approximate surface area is 169 Å². The Morgan fingerprint density at radius 3 is 2.73 bits per heavy atom. The van der Waals surface area contributed by atoms with Gasteiger partial charge in [-0.1, -0.05) is 29.4 Å².